The van der Waals surface area contributed by atoms with Gasteiger partial charge in [0.15, 0.2) is 0 Å². The lowest BCUT2D eigenvalue weighted by molar-refractivity contribution is 0.627. The summed E-state index contributed by atoms with van der Waals surface area (Å²) >= 11 is 7.11. The Morgan fingerprint density at radius 3 is 2.30 bits per heavy atom. The summed E-state index contributed by atoms with van der Waals surface area (Å²) in [6.07, 6.45) is 0. The molecule has 3 nitrogen and oxygen atoms in total. The highest BCUT2D eigenvalue weighted by Crippen LogP contribution is 2.36. The highest BCUT2D eigenvalue weighted by Gasteiger charge is 2.15. The molecule has 1 atom stereocenters. The van der Waals surface area contributed by atoms with Gasteiger partial charge in [0.05, 0.1) is 15.9 Å². The Labute approximate surface area is 130 Å². The fourth-order valence-electron chi connectivity index (χ4n) is 2.08. The van der Waals surface area contributed by atoms with E-state index in [0.717, 1.165) is 26.6 Å². The van der Waals surface area contributed by atoms with Crippen LogP contribution < -0.4 is 5.69 Å². The maximum absolute atomic E-state index is 13.0. The zero-order chi connectivity index (χ0) is 14.3. The Morgan fingerprint density at radius 2 is 1.65 bits per heavy atom. The third kappa shape index (κ3) is 2.45. The molecule has 0 aliphatic carbocycles. The molecule has 0 saturated carbocycles. The van der Waals surface area contributed by atoms with E-state index in [1.807, 2.05) is 12.1 Å². The van der Waals surface area contributed by atoms with Gasteiger partial charge in [0, 0.05) is 4.47 Å². The van der Waals surface area contributed by atoms with Crippen LogP contribution in [-0.2, 0) is 0 Å². The second-order valence-electron chi connectivity index (χ2n) is 4.41. The number of halogens is 3. The molecule has 1 aromatic heterocycles. The second kappa shape index (κ2) is 5.18. The fraction of sp³-hybridized carbons (Fsp3) is 0.0714. The molecule has 3 aromatic rings. The summed E-state index contributed by atoms with van der Waals surface area (Å²) in [6, 6.07) is 10.0. The number of alkyl halides is 1. The normalized spacial score (nSPS) is 12.8. The first-order valence-electron chi connectivity index (χ1n) is 5.85. The van der Waals surface area contributed by atoms with Gasteiger partial charge in [0.2, 0.25) is 0 Å². The number of nitrogens with one attached hydrogen (secondary N) is 2. The molecule has 20 heavy (non-hydrogen) atoms. The Balaban J connectivity index is 2.10. The standard InChI is InChI=1S/C14H9Br2FN2O/c15-10-6-12-11(18-14(20)19-12)5-9(10)13(16)7-1-3-8(17)4-2-7/h1-6,13H,(H2,18,19,20). The molecule has 102 valence electrons. The highest BCUT2D eigenvalue weighted by molar-refractivity contribution is 9.11. The smallest absolute Gasteiger partial charge is 0.306 e. The summed E-state index contributed by atoms with van der Waals surface area (Å²) in [4.78, 5) is 16.6. The van der Waals surface area contributed by atoms with E-state index in [4.69, 9.17) is 0 Å². The van der Waals surface area contributed by atoms with Gasteiger partial charge in [-0.1, -0.05) is 44.0 Å². The van der Waals surface area contributed by atoms with E-state index in [1.54, 1.807) is 12.1 Å². The predicted octanol–water partition coefficient (Wildman–Crippen LogP) is 4.24. The number of rotatable bonds is 2. The molecule has 0 amide bonds. The third-order valence-electron chi connectivity index (χ3n) is 3.07. The number of imidazole rings is 1. The van der Waals surface area contributed by atoms with Crippen molar-refractivity contribution in [3.8, 4) is 0 Å². The molecule has 0 saturated heterocycles. The highest BCUT2D eigenvalue weighted by atomic mass is 79.9. The number of aromatic nitrogens is 2. The average Bonchev–Trinajstić information content (AvgIpc) is 2.77. The van der Waals surface area contributed by atoms with Gasteiger partial charge in [-0.25, -0.2) is 9.18 Å². The van der Waals surface area contributed by atoms with E-state index >= 15 is 0 Å². The van der Waals surface area contributed by atoms with Crippen LogP contribution in [0.15, 0.2) is 45.7 Å². The van der Waals surface area contributed by atoms with Crippen LogP contribution in [0, 0.1) is 5.82 Å². The molecule has 2 N–H and O–H groups in total. The summed E-state index contributed by atoms with van der Waals surface area (Å²) in [5, 5.41) is 0. The second-order valence-corrected chi connectivity index (χ2v) is 6.18. The lowest BCUT2D eigenvalue weighted by atomic mass is 10.0. The van der Waals surface area contributed by atoms with Gasteiger partial charge >= 0.3 is 5.69 Å². The molecule has 1 unspecified atom stereocenters. The SMILES string of the molecule is O=c1[nH]c2cc(Br)c(C(Br)c3ccc(F)cc3)cc2[nH]1. The molecule has 0 aliphatic heterocycles. The summed E-state index contributed by atoms with van der Waals surface area (Å²) in [5.74, 6) is -0.266. The number of hydrogen-bond donors (Lipinski definition) is 2. The van der Waals surface area contributed by atoms with Crippen molar-refractivity contribution in [2.24, 2.45) is 0 Å². The van der Waals surface area contributed by atoms with Crippen LogP contribution in [0.4, 0.5) is 4.39 Å². The fourth-order valence-corrected chi connectivity index (χ4v) is 3.64. The molecular weight excluding hydrogens is 391 g/mol. The Hall–Kier alpha value is -1.40. The number of benzene rings is 2. The maximum Gasteiger partial charge on any atom is 0.323 e. The van der Waals surface area contributed by atoms with E-state index in [-0.39, 0.29) is 16.3 Å². The molecule has 6 heteroatoms. The lowest BCUT2D eigenvalue weighted by Crippen LogP contribution is -1.99. The van der Waals surface area contributed by atoms with Gasteiger partial charge in [-0.05, 0) is 35.4 Å². The van der Waals surface area contributed by atoms with Crippen LogP contribution in [0.2, 0.25) is 0 Å². The van der Waals surface area contributed by atoms with Crippen molar-refractivity contribution in [1.82, 2.24) is 9.97 Å². The summed E-state index contributed by atoms with van der Waals surface area (Å²) in [6.45, 7) is 0. The van der Waals surface area contributed by atoms with Crippen molar-refractivity contribution < 1.29 is 4.39 Å². The first-order valence-corrected chi connectivity index (χ1v) is 7.56. The number of fused-ring (bicyclic) bond motifs is 1. The molecule has 0 aliphatic rings. The van der Waals surface area contributed by atoms with Crippen molar-refractivity contribution in [3.63, 3.8) is 0 Å². The quantitative estimate of drug-likeness (QED) is 0.622. The Kier molecular flexibility index (Phi) is 3.52. The topological polar surface area (TPSA) is 48.6 Å². The molecule has 0 fully saturated rings. The van der Waals surface area contributed by atoms with Gasteiger partial charge in [0.25, 0.3) is 0 Å². The first kappa shape index (κ1) is 13.6. The van der Waals surface area contributed by atoms with Gasteiger partial charge in [-0.2, -0.15) is 0 Å². The minimum absolute atomic E-state index is 0.0970. The van der Waals surface area contributed by atoms with Crippen molar-refractivity contribution in [2.45, 2.75) is 4.83 Å². The van der Waals surface area contributed by atoms with Gasteiger partial charge < -0.3 is 9.97 Å². The zero-order valence-electron chi connectivity index (χ0n) is 10.1. The van der Waals surface area contributed by atoms with E-state index in [9.17, 15) is 9.18 Å². The number of aromatic amines is 2. The molecular formula is C14H9Br2FN2O. The minimum atomic E-state index is -0.266. The first-order chi connectivity index (χ1) is 9.54. The largest absolute Gasteiger partial charge is 0.323 e. The molecule has 0 spiro atoms. The van der Waals surface area contributed by atoms with Crippen molar-refractivity contribution in [3.05, 3.63) is 68.3 Å². The van der Waals surface area contributed by atoms with Gasteiger partial charge in [-0.15, -0.1) is 0 Å². The molecule has 2 aromatic carbocycles. The minimum Gasteiger partial charge on any atom is -0.306 e. The summed E-state index contributed by atoms with van der Waals surface area (Å²) in [5.41, 5.74) is 3.13. The summed E-state index contributed by atoms with van der Waals surface area (Å²) < 4.78 is 13.8. The van der Waals surface area contributed by atoms with Gasteiger partial charge in [-0.3, -0.25) is 0 Å². The van der Waals surface area contributed by atoms with Crippen LogP contribution in [0.5, 0.6) is 0 Å². The van der Waals surface area contributed by atoms with Crippen molar-refractivity contribution in [2.75, 3.05) is 0 Å². The number of hydrogen-bond acceptors (Lipinski definition) is 1. The van der Waals surface area contributed by atoms with E-state index in [2.05, 4.69) is 41.8 Å². The van der Waals surface area contributed by atoms with E-state index in [0.29, 0.717) is 0 Å². The Morgan fingerprint density at radius 1 is 1.05 bits per heavy atom. The van der Waals surface area contributed by atoms with Crippen LogP contribution >= 0.6 is 31.9 Å². The van der Waals surface area contributed by atoms with Crippen LogP contribution in [0.3, 0.4) is 0 Å². The maximum atomic E-state index is 13.0. The monoisotopic (exact) mass is 398 g/mol. The summed E-state index contributed by atoms with van der Waals surface area (Å²) in [7, 11) is 0. The van der Waals surface area contributed by atoms with Crippen molar-refractivity contribution in [1.29, 1.82) is 0 Å². The van der Waals surface area contributed by atoms with Crippen LogP contribution in [-0.4, -0.2) is 9.97 Å². The van der Waals surface area contributed by atoms with Gasteiger partial charge in [0.1, 0.15) is 5.82 Å². The van der Waals surface area contributed by atoms with Crippen molar-refractivity contribution >= 4 is 42.9 Å². The van der Waals surface area contributed by atoms with E-state index < -0.39 is 0 Å². The van der Waals surface area contributed by atoms with E-state index in [1.165, 1.54) is 12.1 Å². The Bertz CT molecular complexity index is 823. The molecule has 0 radical (unpaired) electrons. The molecule has 3 rings (SSSR count). The molecule has 0 bridgehead atoms. The third-order valence-corrected chi connectivity index (χ3v) is 4.78. The zero-order valence-corrected chi connectivity index (χ0v) is 13.3. The van der Waals surface area contributed by atoms with Crippen LogP contribution in [0.25, 0.3) is 11.0 Å². The lowest BCUT2D eigenvalue weighted by Gasteiger charge is -2.13. The predicted molar refractivity (Wildman–Crippen MR) is 83.8 cm³/mol. The molecule has 1 heterocycles. The number of H-pyrrole nitrogens is 2. The average molecular weight is 400 g/mol. The van der Waals surface area contributed by atoms with Crippen LogP contribution in [0.1, 0.15) is 16.0 Å².